The van der Waals surface area contributed by atoms with Gasteiger partial charge in [-0.3, -0.25) is 0 Å². The van der Waals surface area contributed by atoms with Crippen molar-refractivity contribution in [1.82, 2.24) is 0 Å². The second kappa shape index (κ2) is 5.89. The third-order valence-corrected chi connectivity index (χ3v) is 4.42. The second-order valence-electron chi connectivity index (χ2n) is 4.61. The molecule has 1 aromatic carbocycles. The molecule has 0 unspecified atom stereocenters. The van der Waals surface area contributed by atoms with E-state index in [-0.39, 0.29) is 5.75 Å². The standard InChI is InChI=1S/C14H19ClO2S/c1-10-9-11(2)13(4)14(12(10)3)7-5-6-8-18(15,16)17/h5,7,9H,6,8H2,1-4H3/b7-5+. The Hall–Kier alpha value is -0.800. The molecule has 0 N–H and O–H groups in total. The fraction of sp³-hybridized carbons (Fsp3) is 0.429. The molecule has 0 bridgehead atoms. The van der Waals surface area contributed by atoms with E-state index < -0.39 is 9.05 Å². The molecule has 0 aliphatic carbocycles. The SMILES string of the molecule is Cc1cc(C)c(C)c(/C=C/CCS(=O)(=O)Cl)c1C. The molecule has 0 aromatic heterocycles. The maximum Gasteiger partial charge on any atom is 0.232 e. The molecule has 0 radical (unpaired) electrons. The second-order valence-corrected chi connectivity index (χ2v) is 7.50. The Labute approximate surface area is 114 Å². The lowest BCUT2D eigenvalue weighted by atomic mass is 9.94. The molecule has 1 aromatic rings. The third-order valence-electron chi connectivity index (χ3n) is 3.24. The van der Waals surface area contributed by atoms with Crippen LogP contribution in [0.15, 0.2) is 12.1 Å². The summed E-state index contributed by atoms with van der Waals surface area (Å²) in [4.78, 5) is 0. The van der Waals surface area contributed by atoms with Crippen LogP contribution in [0.4, 0.5) is 0 Å². The van der Waals surface area contributed by atoms with E-state index in [0.717, 1.165) is 0 Å². The molecule has 0 saturated heterocycles. The van der Waals surface area contributed by atoms with Crippen LogP contribution in [-0.4, -0.2) is 14.2 Å². The molecule has 0 aliphatic heterocycles. The van der Waals surface area contributed by atoms with Crippen LogP contribution in [-0.2, 0) is 9.05 Å². The van der Waals surface area contributed by atoms with Crippen LogP contribution in [0.2, 0.25) is 0 Å². The summed E-state index contributed by atoms with van der Waals surface area (Å²) in [6.45, 7) is 8.34. The first-order chi connectivity index (χ1) is 8.22. The first-order valence-corrected chi connectivity index (χ1v) is 8.36. The molecule has 2 nitrogen and oxygen atoms in total. The van der Waals surface area contributed by atoms with E-state index in [0.29, 0.717) is 6.42 Å². The zero-order valence-electron chi connectivity index (χ0n) is 11.2. The summed E-state index contributed by atoms with van der Waals surface area (Å²) in [5, 5.41) is 0. The van der Waals surface area contributed by atoms with Crippen molar-refractivity contribution in [2.45, 2.75) is 34.1 Å². The largest absolute Gasteiger partial charge is 0.232 e. The molecule has 0 aliphatic rings. The lowest BCUT2D eigenvalue weighted by Gasteiger charge is -2.12. The third kappa shape index (κ3) is 4.14. The highest BCUT2D eigenvalue weighted by Gasteiger charge is 2.06. The van der Waals surface area contributed by atoms with Gasteiger partial charge in [-0.2, -0.15) is 0 Å². The van der Waals surface area contributed by atoms with Gasteiger partial charge in [-0.05, 0) is 61.9 Å². The quantitative estimate of drug-likeness (QED) is 0.787. The summed E-state index contributed by atoms with van der Waals surface area (Å²) in [7, 11) is 1.77. The number of aryl methyl sites for hydroxylation is 2. The molecule has 100 valence electrons. The Morgan fingerprint density at radius 3 is 2.06 bits per heavy atom. The molecule has 4 heteroatoms. The van der Waals surface area contributed by atoms with Crippen LogP contribution in [0.3, 0.4) is 0 Å². The minimum Gasteiger partial charge on any atom is -0.212 e. The number of benzene rings is 1. The highest BCUT2D eigenvalue weighted by atomic mass is 35.7. The van der Waals surface area contributed by atoms with E-state index in [2.05, 4.69) is 33.8 Å². The van der Waals surface area contributed by atoms with Crippen molar-refractivity contribution in [2.75, 3.05) is 5.75 Å². The lowest BCUT2D eigenvalue weighted by molar-refractivity contribution is 0.609. The van der Waals surface area contributed by atoms with E-state index in [4.69, 9.17) is 10.7 Å². The van der Waals surface area contributed by atoms with E-state index >= 15 is 0 Å². The van der Waals surface area contributed by atoms with Gasteiger partial charge in [0.1, 0.15) is 0 Å². The fourth-order valence-electron chi connectivity index (χ4n) is 1.91. The van der Waals surface area contributed by atoms with Gasteiger partial charge in [0, 0.05) is 10.7 Å². The Kier molecular flexibility index (Phi) is 5.00. The number of halogens is 1. The molecule has 0 saturated carbocycles. The van der Waals surface area contributed by atoms with Crippen molar-refractivity contribution in [3.05, 3.63) is 40.0 Å². The van der Waals surface area contributed by atoms with E-state index in [1.54, 1.807) is 0 Å². The topological polar surface area (TPSA) is 34.1 Å². The zero-order chi connectivity index (χ0) is 13.9. The van der Waals surface area contributed by atoms with Crippen molar-refractivity contribution >= 4 is 25.8 Å². The van der Waals surface area contributed by atoms with Crippen LogP contribution < -0.4 is 0 Å². The molecule has 0 amide bonds. The van der Waals surface area contributed by atoms with Crippen molar-refractivity contribution in [2.24, 2.45) is 0 Å². The molecule has 0 fully saturated rings. The molecular weight excluding hydrogens is 268 g/mol. The van der Waals surface area contributed by atoms with Gasteiger partial charge in [0.25, 0.3) is 0 Å². The van der Waals surface area contributed by atoms with E-state index in [1.807, 2.05) is 12.2 Å². The number of hydrogen-bond acceptors (Lipinski definition) is 2. The minimum absolute atomic E-state index is 0.0199. The summed E-state index contributed by atoms with van der Waals surface area (Å²) >= 11 is 0. The Morgan fingerprint density at radius 1 is 1.11 bits per heavy atom. The van der Waals surface area contributed by atoms with Gasteiger partial charge in [0.05, 0.1) is 5.75 Å². The predicted molar refractivity (Wildman–Crippen MR) is 78.7 cm³/mol. The van der Waals surface area contributed by atoms with Crippen LogP contribution in [0.1, 0.15) is 34.2 Å². The molecule has 0 spiro atoms. The summed E-state index contributed by atoms with van der Waals surface area (Å²) < 4.78 is 21.6. The fourth-order valence-corrected chi connectivity index (χ4v) is 2.59. The van der Waals surface area contributed by atoms with Gasteiger partial charge in [-0.25, -0.2) is 8.42 Å². The first kappa shape index (κ1) is 15.3. The van der Waals surface area contributed by atoms with Crippen molar-refractivity contribution in [3.63, 3.8) is 0 Å². The average Bonchev–Trinajstić information content (AvgIpc) is 2.24. The Morgan fingerprint density at radius 2 is 1.61 bits per heavy atom. The van der Waals surface area contributed by atoms with E-state index in [9.17, 15) is 8.42 Å². The zero-order valence-corrected chi connectivity index (χ0v) is 12.8. The van der Waals surface area contributed by atoms with Gasteiger partial charge < -0.3 is 0 Å². The highest BCUT2D eigenvalue weighted by molar-refractivity contribution is 8.13. The van der Waals surface area contributed by atoms with Crippen LogP contribution in [0, 0.1) is 27.7 Å². The van der Waals surface area contributed by atoms with Gasteiger partial charge in [-0.1, -0.05) is 18.2 Å². The van der Waals surface area contributed by atoms with Gasteiger partial charge in [0.15, 0.2) is 0 Å². The normalized spacial score (nSPS) is 12.3. The monoisotopic (exact) mass is 286 g/mol. The maximum absolute atomic E-state index is 10.8. The smallest absolute Gasteiger partial charge is 0.212 e. The summed E-state index contributed by atoms with van der Waals surface area (Å²) in [5.74, 6) is -0.0199. The Bertz CT molecular complexity index is 546. The highest BCUT2D eigenvalue weighted by Crippen LogP contribution is 2.23. The predicted octanol–water partition coefficient (Wildman–Crippen LogP) is 3.89. The summed E-state index contributed by atoms with van der Waals surface area (Å²) in [6, 6.07) is 2.17. The molecule has 0 atom stereocenters. The number of hydrogen-bond donors (Lipinski definition) is 0. The Balaban J connectivity index is 2.94. The summed E-state index contributed by atoms with van der Waals surface area (Å²) in [6.07, 6.45) is 4.30. The van der Waals surface area contributed by atoms with Crippen LogP contribution >= 0.6 is 10.7 Å². The maximum atomic E-state index is 10.8. The lowest BCUT2D eigenvalue weighted by Crippen LogP contribution is -1.96. The molecule has 0 heterocycles. The van der Waals surface area contributed by atoms with Crippen LogP contribution in [0.5, 0.6) is 0 Å². The molecule has 18 heavy (non-hydrogen) atoms. The number of allylic oxidation sites excluding steroid dienone is 1. The molecular formula is C14H19ClO2S. The number of rotatable bonds is 4. The van der Waals surface area contributed by atoms with E-state index in [1.165, 1.54) is 27.8 Å². The average molecular weight is 287 g/mol. The van der Waals surface area contributed by atoms with Gasteiger partial charge >= 0.3 is 0 Å². The minimum atomic E-state index is -3.39. The first-order valence-electron chi connectivity index (χ1n) is 5.88. The van der Waals surface area contributed by atoms with Gasteiger partial charge in [0.2, 0.25) is 9.05 Å². The van der Waals surface area contributed by atoms with Crippen LogP contribution in [0.25, 0.3) is 6.08 Å². The van der Waals surface area contributed by atoms with Crippen molar-refractivity contribution in [3.8, 4) is 0 Å². The molecule has 1 rings (SSSR count). The van der Waals surface area contributed by atoms with Crippen molar-refractivity contribution < 1.29 is 8.42 Å². The van der Waals surface area contributed by atoms with Crippen molar-refractivity contribution in [1.29, 1.82) is 0 Å². The summed E-state index contributed by atoms with van der Waals surface area (Å²) in [5.41, 5.74) is 6.16. The van der Waals surface area contributed by atoms with Gasteiger partial charge in [-0.15, -0.1) is 0 Å².